The molecule has 0 radical (unpaired) electrons. The monoisotopic (exact) mass is 486 g/mol. The number of carbonyl (C=O) groups is 1. The van der Waals surface area contributed by atoms with Crippen molar-refractivity contribution in [2.24, 2.45) is 0 Å². The Morgan fingerprint density at radius 2 is 1.88 bits per heavy atom. The van der Waals surface area contributed by atoms with Gasteiger partial charge in [0.1, 0.15) is 17.1 Å². The number of halogens is 1. The van der Waals surface area contributed by atoms with Gasteiger partial charge in [0.15, 0.2) is 9.84 Å². The molecule has 5 rings (SSSR count). The lowest BCUT2D eigenvalue weighted by molar-refractivity contribution is 0.0975. The molecule has 0 bridgehead atoms. The second kappa shape index (κ2) is 8.07. The number of sulfone groups is 1. The van der Waals surface area contributed by atoms with Gasteiger partial charge in [0.2, 0.25) is 0 Å². The topological polar surface area (TPSA) is 93.5 Å². The summed E-state index contributed by atoms with van der Waals surface area (Å²) < 4.78 is 30.9. The van der Waals surface area contributed by atoms with Crippen LogP contribution in [-0.4, -0.2) is 42.7 Å². The molecule has 1 fully saturated rings. The number of nitrogens with one attached hydrogen (secondary N) is 1. The number of hydrogen-bond donors (Lipinski definition) is 1. The SMILES string of the molecule is COc1ccc(N2C(=O)c3ccccc3N[C@H]2c2c(C)nn([C@@H]3CCS(=O)(=O)C3)c2Cl)cc1. The first-order chi connectivity index (χ1) is 15.8. The zero-order valence-electron chi connectivity index (χ0n) is 18.2. The number of carbonyl (C=O) groups excluding carboxylic acids is 1. The Hall–Kier alpha value is -3.04. The minimum atomic E-state index is -3.11. The molecule has 2 aliphatic rings. The number of amides is 1. The van der Waals surface area contributed by atoms with Crippen LogP contribution in [0.5, 0.6) is 5.75 Å². The molecule has 0 saturated carbocycles. The van der Waals surface area contributed by atoms with E-state index in [0.29, 0.717) is 45.5 Å². The van der Waals surface area contributed by atoms with Crippen LogP contribution in [0.1, 0.15) is 40.2 Å². The van der Waals surface area contributed by atoms with Gasteiger partial charge in [0, 0.05) is 11.4 Å². The second-order valence-corrected chi connectivity index (χ2v) is 10.8. The molecular formula is C23H23ClN4O4S. The molecule has 2 atom stereocenters. The van der Waals surface area contributed by atoms with E-state index >= 15 is 0 Å². The molecule has 8 nitrogen and oxygen atoms in total. The predicted octanol–water partition coefficient (Wildman–Crippen LogP) is 3.98. The molecule has 0 aliphatic carbocycles. The highest BCUT2D eigenvalue weighted by Gasteiger charge is 2.39. The van der Waals surface area contributed by atoms with E-state index in [1.165, 1.54) is 0 Å². The van der Waals surface area contributed by atoms with Crippen LogP contribution in [0, 0.1) is 6.92 Å². The summed E-state index contributed by atoms with van der Waals surface area (Å²) in [6.07, 6.45) is -0.162. The van der Waals surface area contributed by atoms with Crippen molar-refractivity contribution in [2.75, 3.05) is 28.8 Å². The Labute approximate surface area is 197 Å². The molecular weight excluding hydrogens is 464 g/mol. The number of aryl methyl sites for hydroxylation is 1. The third kappa shape index (κ3) is 3.75. The number of anilines is 2. The van der Waals surface area contributed by atoms with Crippen molar-refractivity contribution in [3.05, 3.63) is 70.5 Å². The molecule has 3 heterocycles. The third-order valence-electron chi connectivity index (χ3n) is 6.18. The van der Waals surface area contributed by atoms with E-state index in [4.69, 9.17) is 16.3 Å². The number of benzene rings is 2. The van der Waals surface area contributed by atoms with Gasteiger partial charge < -0.3 is 10.1 Å². The Morgan fingerprint density at radius 1 is 1.15 bits per heavy atom. The highest BCUT2D eigenvalue weighted by molar-refractivity contribution is 7.91. The van der Waals surface area contributed by atoms with E-state index in [1.54, 1.807) is 34.9 Å². The van der Waals surface area contributed by atoms with Crippen molar-refractivity contribution in [3.63, 3.8) is 0 Å². The molecule has 1 amide bonds. The van der Waals surface area contributed by atoms with Crippen molar-refractivity contribution in [3.8, 4) is 5.75 Å². The van der Waals surface area contributed by atoms with Crippen LogP contribution in [0.3, 0.4) is 0 Å². The van der Waals surface area contributed by atoms with Crippen LogP contribution in [0.15, 0.2) is 48.5 Å². The maximum absolute atomic E-state index is 13.6. The number of fused-ring (bicyclic) bond motifs is 1. The molecule has 10 heteroatoms. The molecule has 0 unspecified atom stereocenters. The van der Waals surface area contributed by atoms with Crippen LogP contribution < -0.4 is 15.0 Å². The highest BCUT2D eigenvalue weighted by Crippen LogP contribution is 2.41. The first kappa shape index (κ1) is 21.8. The van der Waals surface area contributed by atoms with E-state index in [-0.39, 0.29) is 23.5 Å². The maximum atomic E-state index is 13.6. The molecule has 172 valence electrons. The number of rotatable bonds is 4. The number of para-hydroxylation sites is 1. The van der Waals surface area contributed by atoms with Crippen molar-refractivity contribution in [1.29, 1.82) is 0 Å². The zero-order chi connectivity index (χ0) is 23.3. The van der Waals surface area contributed by atoms with Gasteiger partial charge >= 0.3 is 0 Å². The summed E-state index contributed by atoms with van der Waals surface area (Å²) in [6, 6.07) is 14.2. The molecule has 2 aliphatic heterocycles. The number of hydrogen-bond acceptors (Lipinski definition) is 6. The smallest absolute Gasteiger partial charge is 0.262 e. The van der Waals surface area contributed by atoms with Crippen molar-refractivity contribution in [2.45, 2.75) is 25.6 Å². The lowest BCUT2D eigenvalue weighted by Gasteiger charge is -2.38. The third-order valence-corrected chi connectivity index (χ3v) is 8.30. The highest BCUT2D eigenvalue weighted by atomic mass is 35.5. The fourth-order valence-electron chi connectivity index (χ4n) is 4.52. The van der Waals surface area contributed by atoms with Gasteiger partial charge in [-0.15, -0.1) is 0 Å². The lowest BCUT2D eigenvalue weighted by Crippen LogP contribution is -2.43. The van der Waals surface area contributed by atoms with Gasteiger partial charge in [0.25, 0.3) is 5.91 Å². The Morgan fingerprint density at radius 3 is 2.55 bits per heavy atom. The zero-order valence-corrected chi connectivity index (χ0v) is 19.7. The summed E-state index contributed by atoms with van der Waals surface area (Å²) in [5.41, 5.74) is 3.18. The average molecular weight is 487 g/mol. The Kier molecular flexibility index (Phi) is 5.33. The normalized spacial score (nSPS) is 21.5. The molecule has 1 saturated heterocycles. The lowest BCUT2D eigenvalue weighted by atomic mass is 10.0. The van der Waals surface area contributed by atoms with Crippen LogP contribution in [0.2, 0.25) is 5.15 Å². The largest absolute Gasteiger partial charge is 0.497 e. The number of ether oxygens (including phenoxy) is 1. The fraction of sp³-hybridized carbons (Fsp3) is 0.304. The molecule has 2 aromatic carbocycles. The van der Waals surface area contributed by atoms with Crippen molar-refractivity contribution < 1.29 is 17.9 Å². The van der Waals surface area contributed by atoms with E-state index in [9.17, 15) is 13.2 Å². The van der Waals surface area contributed by atoms with E-state index in [1.807, 2.05) is 37.3 Å². The van der Waals surface area contributed by atoms with Gasteiger partial charge in [0.05, 0.1) is 41.5 Å². The standard InChI is InChI=1S/C23H23ClN4O4S/c1-14-20(21(24)28(26-14)16-11-12-33(30,31)13-16)22-25-19-6-4-3-5-18(19)23(29)27(22)15-7-9-17(32-2)10-8-15/h3-10,16,22,25H,11-13H2,1-2H3/t16-,22-/m1/s1. The average Bonchev–Trinajstić information content (AvgIpc) is 3.31. The Balaban J connectivity index is 1.62. The van der Waals surface area contributed by atoms with Crippen molar-refractivity contribution in [1.82, 2.24) is 9.78 Å². The van der Waals surface area contributed by atoms with Gasteiger partial charge in [-0.2, -0.15) is 5.10 Å². The molecule has 3 aromatic rings. The summed E-state index contributed by atoms with van der Waals surface area (Å²) in [5, 5.41) is 8.36. The number of nitrogens with zero attached hydrogens (tertiary/aromatic N) is 3. The van der Waals surface area contributed by atoms with Crippen LogP contribution >= 0.6 is 11.6 Å². The predicted molar refractivity (Wildman–Crippen MR) is 127 cm³/mol. The first-order valence-corrected chi connectivity index (χ1v) is 12.8. The van der Waals surface area contributed by atoms with Gasteiger partial charge in [-0.05, 0) is 49.7 Å². The summed E-state index contributed by atoms with van der Waals surface area (Å²) >= 11 is 6.82. The molecule has 1 aromatic heterocycles. The number of methoxy groups -OCH3 is 1. The first-order valence-electron chi connectivity index (χ1n) is 10.6. The quantitative estimate of drug-likeness (QED) is 0.599. The van der Waals surface area contributed by atoms with E-state index < -0.39 is 16.0 Å². The van der Waals surface area contributed by atoms with E-state index in [2.05, 4.69) is 10.4 Å². The van der Waals surface area contributed by atoms with Gasteiger partial charge in [-0.25, -0.2) is 13.1 Å². The van der Waals surface area contributed by atoms with E-state index in [0.717, 1.165) is 0 Å². The summed E-state index contributed by atoms with van der Waals surface area (Å²) in [7, 11) is -1.52. The van der Waals surface area contributed by atoms with Crippen LogP contribution in [-0.2, 0) is 9.84 Å². The van der Waals surface area contributed by atoms with Gasteiger partial charge in [-0.3, -0.25) is 9.69 Å². The minimum absolute atomic E-state index is 0.00926. The minimum Gasteiger partial charge on any atom is -0.497 e. The fourth-order valence-corrected chi connectivity index (χ4v) is 6.63. The van der Waals surface area contributed by atoms with Crippen LogP contribution in [0.4, 0.5) is 11.4 Å². The maximum Gasteiger partial charge on any atom is 0.262 e. The summed E-state index contributed by atoms with van der Waals surface area (Å²) in [6.45, 7) is 1.82. The molecule has 33 heavy (non-hydrogen) atoms. The molecule has 0 spiro atoms. The summed E-state index contributed by atoms with van der Waals surface area (Å²) in [5.74, 6) is 0.632. The second-order valence-electron chi connectivity index (χ2n) is 8.26. The summed E-state index contributed by atoms with van der Waals surface area (Å²) in [4.78, 5) is 15.3. The van der Waals surface area contributed by atoms with Crippen LogP contribution in [0.25, 0.3) is 0 Å². The Bertz CT molecular complexity index is 1340. The number of aromatic nitrogens is 2. The van der Waals surface area contributed by atoms with Crippen molar-refractivity contribution >= 4 is 38.7 Å². The molecule has 1 N–H and O–H groups in total. The van der Waals surface area contributed by atoms with Gasteiger partial charge in [-0.1, -0.05) is 23.7 Å².